The molecule has 1 N–H and O–H groups in total. The van der Waals surface area contributed by atoms with Crippen LogP contribution in [0.2, 0.25) is 0 Å². The maximum absolute atomic E-state index is 14.7. The van der Waals surface area contributed by atoms with Gasteiger partial charge in [-0.25, -0.2) is 13.2 Å². The molecule has 3 aliphatic heterocycles. The number of fused-ring (bicyclic) bond motifs is 3. The topological polar surface area (TPSA) is 59.5 Å². The molecular weight excluding hydrogens is 478 g/mol. The second-order valence-corrected chi connectivity index (χ2v) is 8.58. The summed E-state index contributed by atoms with van der Waals surface area (Å²) in [6.45, 7) is 2.39. The van der Waals surface area contributed by atoms with Crippen molar-refractivity contribution in [2.24, 2.45) is 0 Å². The minimum atomic E-state index is -4.91. The highest BCUT2D eigenvalue weighted by molar-refractivity contribution is 5.95. The zero-order valence-corrected chi connectivity index (χ0v) is 18.3. The van der Waals surface area contributed by atoms with Gasteiger partial charge in [0.15, 0.2) is 5.75 Å². The van der Waals surface area contributed by atoms with E-state index >= 15 is 0 Å². The van der Waals surface area contributed by atoms with Crippen LogP contribution in [0.1, 0.15) is 36.9 Å². The van der Waals surface area contributed by atoms with Gasteiger partial charge in [-0.05, 0) is 13.0 Å². The molecule has 6 nitrogen and oxygen atoms in total. The van der Waals surface area contributed by atoms with Crippen LogP contribution in [0.5, 0.6) is 5.75 Å². The number of ether oxygens (including phenoxy) is 2. The largest absolute Gasteiger partial charge is 0.573 e. The summed E-state index contributed by atoms with van der Waals surface area (Å²) in [5.74, 6) is -1.44. The van der Waals surface area contributed by atoms with Gasteiger partial charge in [0.25, 0.3) is 6.43 Å². The molecular formula is C23H20F6N4O2. The van der Waals surface area contributed by atoms with Gasteiger partial charge < -0.3 is 19.7 Å². The van der Waals surface area contributed by atoms with Crippen LogP contribution in [0.4, 0.5) is 37.7 Å². The van der Waals surface area contributed by atoms with Gasteiger partial charge in [0.05, 0.1) is 46.9 Å². The molecule has 0 amide bonds. The summed E-state index contributed by atoms with van der Waals surface area (Å²) < 4.78 is 90.2. The highest BCUT2D eigenvalue weighted by Crippen LogP contribution is 2.41. The first-order valence-corrected chi connectivity index (χ1v) is 10.9. The molecule has 3 atom stereocenters. The van der Waals surface area contributed by atoms with E-state index in [1.165, 1.54) is 24.4 Å². The number of alkyl halides is 5. The fourth-order valence-electron chi connectivity index (χ4n) is 4.58. The third kappa shape index (κ3) is 4.66. The van der Waals surface area contributed by atoms with Crippen LogP contribution in [0, 0.1) is 5.82 Å². The van der Waals surface area contributed by atoms with Crippen LogP contribution in [0.3, 0.4) is 0 Å². The lowest BCUT2D eigenvalue weighted by molar-refractivity contribution is -0.274. The Kier molecular flexibility index (Phi) is 5.86. The molecule has 35 heavy (non-hydrogen) atoms. The molecule has 0 radical (unpaired) electrons. The molecule has 3 saturated heterocycles. The highest BCUT2D eigenvalue weighted by Gasteiger charge is 2.40. The lowest BCUT2D eigenvalue weighted by Crippen LogP contribution is -2.57. The van der Waals surface area contributed by atoms with E-state index < -0.39 is 36.0 Å². The van der Waals surface area contributed by atoms with Crippen molar-refractivity contribution in [1.82, 2.24) is 10.2 Å². The summed E-state index contributed by atoms with van der Waals surface area (Å²) in [6.07, 6.45) is -5.83. The van der Waals surface area contributed by atoms with E-state index in [0.29, 0.717) is 24.2 Å². The van der Waals surface area contributed by atoms with Crippen molar-refractivity contribution in [2.45, 2.75) is 44.4 Å². The van der Waals surface area contributed by atoms with Crippen molar-refractivity contribution in [3.8, 4) is 5.75 Å². The molecule has 1 aromatic heterocycles. The molecule has 2 unspecified atom stereocenters. The number of benzene rings is 2. The van der Waals surface area contributed by atoms with Crippen molar-refractivity contribution < 1.29 is 35.8 Å². The second kappa shape index (κ2) is 8.74. The summed E-state index contributed by atoms with van der Waals surface area (Å²) in [7, 11) is 0. The first-order chi connectivity index (χ1) is 16.6. The molecule has 4 heterocycles. The van der Waals surface area contributed by atoms with Crippen LogP contribution in [0.15, 0.2) is 36.5 Å². The minimum absolute atomic E-state index is 0.0123. The Balaban J connectivity index is 1.53. The summed E-state index contributed by atoms with van der Waals surface area (Å²) in [4.78, 5) is 1.77. The van der Waals surface area contributed by atoms with Crippen LogP contribution < -0.4 is 15.0 Å². The quantitative estimate of drug-likeness (QED) is 0.437. The summed E-state index contributed by atoms with van der Waals surface area (Å²) in [5.41, 5.74) is -0.0235. The molecule has 0 spiro atoms. The molecule has 3 aliphatic rings. The van der Waals surface area contributed by atoms with Gasteiger partial charge in [-0.1, -0.05) is 18.2 Å². The van der Waals surface area contributed by atoms with E-state index in [2.05, 4.69) is 20.3 Å². The predicted molar refractivity (Wildman–Crippen MR) is 115 cm³/mol. The van der Waals surface area contributed by atoms with Crippen LogP contribution >= 0.6 is 0 Å². The molecule has 3 fully saturated rings. The minimum Gasteiger partial charge on any atom is -0.403 e. The molecule has 3 aromatic rings. The Labute approximate surface area is 195 Å². The normalized spacial score (nSPS) is 20.6. The average molecular weight is 498 g/mol. The Bertz CT molecular complexity index is 1240. The van der Waals surface area contributed by atoms with Gasteiger partial charge in [0.1, 0.15) is 5.82 Å². The van der Waals surface area contributed by atoms with E-state index in [9.17, 15) is 26.3 Å². The fourth-order valence-corrected chi connectivity index (χ4v) is 4.58. The maximum atomic E-state index is 14.7. The smallest absolute Gasteiger partial charge is 0.403 e. The Morgan fingerprint density at radius 1 is 1.14 bits per heavy atom. The van der Waals surface area contributed by atoms with Crippen molar-refractivity contribution >= 4 is 22.3 Å². The van der Waals surface area contributed by atoms with Crippen molar-refractivity contribution in [3.63, 3.8) is 0 Å². The highest BCUT2D eigenvalue weighted by atomic mass is 19.4. The predicted octanol–water partition coefficient (Wildman–Crippen LogP) is 5.76. The van der Waals surface area contributed by atoms with E-state index in [4.69, 9.17) is 4.74 Å². The number of piperidine rings is 1. The Morgan fingerprint density at radius 2 is 1.83 bits per heavy atom. The van der Waals surface area contributed by atoms with E-state index in [1.54, 1.807) is 11.8 Å². The van der Waals surface area contributed by atoms with E-state index in [1.807, 2.05) is 0 Å². The molecule has 0 saturated carbocycles. The van der Waals surface area contributed by atoms with Crippen LogP contribution in [-0.2, 0) is 4.74 Å². The van der Waals surface area contributed by atoms with E-state index in [0.717, 1.165) is 18.6 Å². The SMILES string of the molecule is C[C@@H](Nc1cnnc2cc(OC(F)(F)F)c(N3CC4CC(C3)O4)cc12)c1cccc(C(F)F)c1F. The average Bonchev–Trinajstić information content (AvgIpc) is 2.77. The number of hydrogen-bond acceptors (Lipinski definition) is 6. The van der Waals surface area contributed by atoms with Gasteiger partial charge >= 0.3 is 6.36 Å². The third-order valence-electron chi connectivity index (χ3n) is 6.18. The first-order valence-electron chi connectivity index (χ1n) is 10.9. The summed E-state index contributed by atoms with van der Waals surface area (Å²) in [5, 5.41) is 11.2. The maximum Gasteiger partial charge on any atom is 0.573 e. The number of rotatable bonds is 6. The zero-order valence-electron chi connectivity index (χ0n) is 18.3. The second-order valence-electron chi connectivity index (χ2n) is 8.58. The number of morpholine rings is 1. The Hall–Kier alpha value is -3.28. The first kappa shape index (κ1) is 23.5. The molecule has 12 heteroatoms. The van der Waals surface area contributed by atoms with Crippen molar-refractivity contribution in [1.29, 1.82) is 0 Å². The molecule has 186 valence electrons. The number of hydrogen-bond donors (Lipinski definition) is 1. The summed E-state index contributed by atoms with van der Waals surface area (Å²) in [6, 6.07) is 5.64. The molecule has 0 aliphatic carbocycles. The van der Waals surface area contributed by atoms with Gasteiger partial charge in [0.2, 0.25) is 0 Å². The lowest BCUT2D eigenvalue weighted by Gasteiger charge is -2.48. The molecule has 6 rings (SSSR count). The van der Waals surface area contributed by atoms with Gasteiger partial charge in [-0.15, -0.1) is 13.2 Å². The van der Waals surface area contributed by atoms with Gasteiger partial charge in [-0.2, -0.15) is 10.2 Å². The molecule has 2 aromatic carbocycles. The fraction of sp³-hybridized carbons (Fsp3) is 0.391. The number of anilines is 2. The number of nitrogens with one attached hydrogen (secondary N) is 1. The van der Waals surface area contributed by atoms with Gasteiger partial charge in [-0.3, -0.25) is 0 Å². The van der Waals surface area contributed by atoms with Crippen molar-refractivity contribution in [2.75, 3.05) is 23.3 Å². The standard InChI is InChI=1S/C23H20F6N4O2/c1-11(14-3-2-4-15(21(14)24)22(25)26)31-18-8-30-32-17-7-20(35-23(27,28)29)19(6-16(17)18)33-9-12-5-13(10-33)34-12/h2-4,6-8,11-13,22H,5,9-10H2,1H3,(H,31,32)/t11-,12?,13?/m1/s1. The lowest BCUT2D eigenvalue weighted by atomic mass is 9.97. The number of aromatic nitrogens is 2. The number of halogens is 6. The number of nitrogens with zero attached hydrogens (tertiary/aromatic N) is 3. The van der Waals surface area contributed by atoms with Crippen LogP contribution in [-0.4, -0.2) is 41.9 Å². The zero-order chi connectivity index (χ0) is 24.9. The van der Waals surface area contributed by atoms with Crippen LogP contribution in [0.25, 0.3) is 10.9 Å². The Morgan fingerprint density at radius 3 is 2.49 bits per heavy atom. The third-order valence-corrected chi connectivity index (χ3v) is 6.18. The van der Waals surface area contributed by atoms with Gasteiger partial charge in [0, 0.05) is 36.5 Å². The van der Waals surface area contributed by atoms with E-state index in [-0.39, 0.29) is 29.0 Å². The summed E-state index contributed by atoms with van der Waals surface area (Å²) >= 11 is 0. The van der Waals surface area contributed by atoms with Crippen molar-refractivity contribution in [3.05, 3.63) is 53.5 Å². The molecule has 2 bridgehead atoms. The monoisotopic (exact) mass is 498 g/mol.